The van der Waals surface area contributed by atoms with Crippen LogP contribution in [0.3, 0.4) is 0 Å². The summed E-state index contributed by atoms with van der Waals surface area (Å²) in [4.78, 5) is 17.7. The second kappa shape index (κ2) is 7.81. The molecular weight excluding hydrogens is 324 g/mol. The van der Waals surface area contributed by atoms with E-state index in [1.54, 1.807) is 0 Å². The number of carbonyl (C=O) groups is 1. The number of rotatable bonds is 5. The van der Waals surface area contributed by atoms with Crippen LogP contribution in [0.2, 0.25) is 0 Å². The first kappa shape index (κ1) is 18.9. The quantitative estimate of drug-likeness (QED) is 0.695. The molecular formula is C22H32N2O2. The van der Waals surface area contributed by atoms with Gasteiger partial charge in [-0.05, 0) is 49.7 Å². The monoisotopic (exact) mass is 356 g/mol. The Morgan fingerprint density at radius 3 is 2.69 bits per heavy atom. The average Bonchev–Trinajstić information content (AvgIpc) is 2.99. The van der Waals surface area contributed by atoms with Crippen molar-refractivity contribution in [3.8, 4) is 0 Å². The molecule has 1 heterocycles. The molecule has 1 fully saturated rings. The van der Waals surface area contributed by atoms with Gasteiger partial charge in [0, 0.05) is 6.42 Å². The number of para-hydroxylation sites is 2. The van der Waals surface area contributed by atoms with Crippen molar-refractivity contribution < 1.29 is 9.53 Å². The highest BCUT2D eigenvalue weighted by atomic mass is 16.5. The van der Waals surface area contributed by atoms with Crippen molar-refractivity contribution in [2.45, 2.75) is 72.4 Å². The molecule has 1 aliphatic rings. The number of benzene rings is 1. The molecule has 1 aliphatic carbocycles. The summed E-state index contributed by atoms with van der Waals surface area (Å²) in [5, 5.41) is 0. The second-order valence-electron chi connectivity index (χ2n) is 8.22. The topological polar surface area (TPSA) is 44.1 Å². The van der Waals surface area contributed by atoms with E-state index in [0.717, 1.165) is 36.1 Å². The van der Waals surface area contributed by atoms with Crippen LogP contribution in [0.4, 0.5) is 0 Å². The number of hydrogen-bond donors (Lipinski definition) is 0. The predicted octanol–water partition coefficient (Wildman–Crippen LogP) is 5.16. The summed E-state index contributed by atoms with van der Waals surface area (Å²) in [6, 6.07) is 7.65. The van der Waals surface area contributed by atoms with Crippen LogP contribution in [-0.4, -0.2) is 21.6 Å². The first-order valence-electron chi connectivity index (χ1n) is 10.1. The molecule has 4 atom stereocenters. The zero-order valence-electron chi connectivity index (χ0n) is 16.7. The lowest BCUT2D eigenvalue weighted by atomic mass is 9.75. The Bertz CT molecular complexity index is 765. The van der Waals surface area contributed by atoms with Crippen molar-refractivity contribution >= 4 is 17.0 Å². The Kier molecular flexibility index (Phi) is 5.69. The molecule has 1 saturated carbocycles. The summed E-state index contributed by atoms with van der Waals surface area (Å²) < 4.78 is 8.13. The van der Waals surface area contributed by atoms with Gasteiger partial charge in [0.05, 0.1) is 11.0 Å². The van der Waals surface area contributed by atoms with E-state index in [0.29, 0.717) is 17.8 Å². The van der Waals surface area contributed by atoms with E-state index in [4.69, 9.17) is 9.72 Å². The number of carbonyl (C=O) groups excluding carboxylic acids is 1. The molecule has 26 heavy (non-hydrogen) atoms. The number of ether oxygens (including phenoxy) is 1. The molecule has 0 bridgehead atoms. The zero-order chi connectivity index (χ0) is 18.8. The fourth-order valence-corrected chi connectivity index (χ4v) is 4.38. The lowest BCUT2D eigenvalue weighted by Crippen LogP contribution is -2.37. The number of hydrogen-bond acceptors (Lipinski definition) is 3. The Morgan fingerprint density at radius 1 is 1.27 bits per heavy atom. The molecule has 1 aromatic carbocycles. The van der Waals surface area contributed by atoms with Crippen LogP contribution in [0.25, 0.3) is 11.0 Å². The summed E-state index contributed by atoms with van der Waals surface area (Å²) in [7, 11) is 0. The number of imidazole rings is 1. The van der Waals surface area contributed by atoms with Crippen molar-refractivity contribution in [3.63, 3.8) is 0 Å². The van der Waals surface area contributed by atoms with E-state index in [2.05, 4.69) is 27.7 Å². The van der Waals surface area contributed by atoms with Gasteiger partial charge < -0.3 is 9.30 Å². The molecule has 4 nitrogen and oxygen atoms in total. The SMILES string of the molecule is CCc1nc2ccccc2n1C(C)C(=O)O[C@@H]1CC(C)CCC1C(C)C. The van der Waals surface area contributed by atoms with Gasteiger partial charge in [0.15, 0.2) is 0 Å². The van der Waals surface area contributed by atoms with Gasteiger partial charge in [-0.3, -0.25) is 0 Å². The molecule has 142 valence electrons. The normalized spacial score (nSPS) is 24.8. The third kappa shape index (κ3) is 3.65. The van der Waals surface area contributed by atoms with Crippen LogP contribution in [0.1, 0.15) is 65.7 Å². The van der Waals surface area contributed by atoms with Gasteiger partial charge in [-0.25, -0.2) is 9.78 Å². The Labute approximate surface area is 156 Å². The number of nitrogens with zero attached hydrogens (tertiary/aromatic N) is 2. The maximum Gasteiger partial charge on any atom is 0.329 e. The van der Waals surface area contributed by atoms with Gasteiger partial charge in [0.1, 0.15) is 18.0 Å². The molecule has 0 radical (unpaired) electrons. The minimum atomic E-state index is -0.359. The third-order valence-corrected chi connectivity index (χ3v) is 5.94. The Balaban J connectivity index is 1.83. The van der Waals surface area contributed by atoms with Gasteiger partial charge in [0.25, 0.3) is 0 Å². The molecule has 3 rings (SSSR count). The standard InChI is InChI=1S/C22H32N2O2/c1-6-21-23-18-9-7-8-10-19(18)24(21)16(5)22(25)26-20-13-15(4)11-12-17(20)14(2)3/h7-10,14-17,20H,6,11-13H2,1-5H3/t15?,16?,17?,20-/m1/s1. The Hall–Kier alpha value is -1.84. The van der Waals surface area contributed by atoms with Crippen LogP contribution in [0, 0.1) is 17.8 Å². The van der Waals surface area contributed by atoms with Crippen molar-refractivity contribution in [2.75, 3.05) is 0 Å². The molecule has 0 spiro atoms. The number of esters is 1. The lowest BCUT2D eigenvalue weighted by molar-refractivity contribution is -0.159. The fraction of sp³-hybridized carbons (Fsp3) is 0.636. The van der Waals surface area contributed by atoms with E-state index in [-0.39, 0.29) is 18.1 Å². The molecule has 4 heteroatoms. The summed E-state index contributed by atoms with van der Waals surface area (Å²) in [6.45, 7) is 10.8. The van der Waals surface area contributed by atoms with Crippen LogP contribution < -0.4 is 0 Å². The van der Waals surface area contributed by atoms with Crippen molar-refractivity contribution in [3.05, 3.63) is 30.1 Å². The molecule has 3 unspecified atom stereocenters. The first-order valence-corrected chi connectivity index (χ1v) is 10.1. The summed E-state index contributed by atoms with van der Waals surface area (Å²) in [5.74, 6) is 2.43. The summed E-state index contributed by atoms with van der Waals surface area (Å²) >= 11 is 0. The summed E-state index contributed by atoms with van der Waals surface area (Å²) in [5.41, 5.74) is 1.95. The maximum absolute atomic E-state index is 13.0. The van der Waals surface area contributed by atoms with Gasteiger partial charge in [0.2, 0.25) is 0 Å². The predicted molar refractivity (Wildman–Crippen MR) is 105 cm³/mol. The molecule has 0 aliphatic heterocycles. The van der Waals surface area contributed by atoms with Gasteiger partial charge >= 0.3 is 5.97 Å². The molecule has 1 aromatic heterocycles. The van der Waals surface area contributed by atoms with Gasteiger partial charge in [-0.1, -0.05) is 46.2 Å². The van der Waals surface area contributed by atoms with Crippen LogP contribution in [-0.2, 0) is 16.0 Å². The Morgan fingerprint density at radius 2 is 2.00 bits per heavy atom. The van der Waals surface area contributed by atoms with Crippen LogP contribution in [0.5, 0.6) is 0 Å². The lowest BCUT2D eigenvalue weighted by Gasteiger charge is -2.37. The maximum atomic E-state index is 13.0. The van der Waals surface area contributed by atoms with Crippen LogP contribution >= 0.6 is 0 Å². The molecule has 0 saturated heterocycles. The fourth-order valence-electron chi connectivity index (χ4n) is 4.38. The van der Waals surface area contributed by atoms with E-state index >= 15 is 0 Å². The largest absolute Gasteiger partial charge is 0.461 e. The van der Waals surface area contributed by atoms with E-state index < -0.39 is 0 Å². The van der Waals surface area contributed by atoms with E-state index in [9.17, 15) is 4.79 Å². The number of aryl methyl sites for hydroxylation is 1. The smallest absolute Gasteiger partial charge is 0.329 e. The number of aromatic nitrogens is 2. The van der Waals surface area contributed by atoms with E-state index in [1.807, 2.05) is 35.8 Å². The molecule has 2 aromatic rings. The number of fused-ring (bicyclic) bond motifs is 1. The average molecular weight is 357 g/mol. The van der Waals surface area contributed by atoms with Crippen molar-refractivity contribution in [1.82, 2.24) is 9.55 Å². The van der Waals surface area contributed by atoms with E-state index in [1.165, 1.54) is 6.42 Å². The van der Waals surface area contributed by atoms with Crippen LogP contribution in [0.15, 0.2) is 24.3 Å². The highest BCUT2D eigenvalue weighted by molar-refractivity contribution is 5.81. The van der Waals surface area contributed by atoms with Gasteiger partial charge in [-0.2, -0.15) is 0 Å². The minimum Gasteiger partial charge on any atom is -0.461 e. The van der Waals surface area contributed by atoms with Crippen molar-refractivity contribution in [1.29, 1.82) is 0 Å². The summed E-state index contributed by atoms with van der Waals surface area (Å²) in [6.07, 6.45) is 4.19. The second-order valence-corrected chi connectivity index (χ2v) is 8.22. The molecule has 0 N–H and O–H groups in total. The highest BCUT2D eigenvalue weighted by Crippen LogP contribution is 2.36. The highest BCUT2D eigenvalue weighted by Gasteiger charge is 2.35. The minimum absolute atomic E-state index is 0.0357. The third-order valence-electron chi connectivity index (χ3n) is 5.94. The van der Waals surface area contributed by atoms with Gasteiger partial charge in [-0.15, -0.1) is 0 Å². The zero-order valence-corrected chi connectivity index (χ0v) is 16.7. The molecule has 0 amide bonds. The first-order chi connectivity index (χ1) is 12.4. The van der Waals surface area contributed by atoms with Crippen molar-refractivity contribution in [2.24, 2.45) is 17.8 Å².